The van der Waals surface area contributed by atoms with E-state index < -0.39 is 0 Å². The molecule has 0 spiro atoms. The number of aryl methyl sites for hydroxylation is 1. The predicted molar refractivity (Wildman–Crippen MR) is 79.5 cm³/mol. The van der Waals surface area contributed by atoms with Crippen LogP contribution in [0.4, 0.5) is 11.5 Å². The maximum Gasteiger partial charge on any atom is 0.157 e. The topological polar surface area (TPSA) is 63.8 Å². The first-order chi connectivity index (χ1) is 9.20. The van der Waals surface area contributed by atoms with Crippen molar-refractivity contribution in [3.63, 3.8) is 0 Å². The molecule has 2 aromatic rings. The van der Waals surface area contributed by atoms with Crippen LogP contribution >= 0.6 is 11.6 Å². The fraction of sp³-hybridized carbons (Fsp3) is 0.286. The van der Waals surface area contributed by atoms with Crippen molar-refractivity contribution in [2.45, 2.75) is 19.8 Å². The fourth-order valence-corrected chi connectivity index (χ4v) is 1.94. The summed E-state index contributed by atoms with van der Waals surface area (Å²) in [5, 5.41) is 3.53. The van der Waals surface area contributed by atoms with Crippen LogP contribution in [0.25, 0.3) is 0 Å². The third-order valence-electron chi connectivity index (χ3n) is 2.81. The van der Waals surface area contributed by atoms with Gasteiger partial charge in [0.2, 0.25) is 0 Å². The third kappa shape index (κ3) is 3.58. The van der Waals surface area contributed by atoms with Gasteiger partial charge in [-0.2, -0.15) is 0 Å². The minimum Gasteiger partial charge on any atom is -0.393 e. The van der Waals surface area contributed by atoms with E-state index in [-0.39, 0.29) is 0 Å². The summed E-state index contributed by atoms with van der Waals surface area (Å²) < 4.78 is 0. The first kappa shape index (κ1) is 13.6. The average Bonchev–Trinajstić information content (AvgIpc) is 2.44. The van der Waals surface area contributed by atoms with Gasteiger partial charge >= 0.3 is 0 Å². The average molecular weight is 277 g/mol. The van der Waals surface area contributed by atoms with Crippen molar-refractivity contribution in [2.24, 2.45) is 0 Å². The van der Waals surface area contributed by atoms with E-state index in [1.807, 2.05) is 25.1 Å². The number of benzene rings is 1. The summed E-state index contributed by atoms with van der Waals surface area (Å²) in [4.78, 5) is 8.46. The molecule has 1 aromatic carbocycles. The highest BCUT2D eigenvalue weighted by molar-refractivity contribution is 6.32. The van der Waals surface area contributed by atoms with E-state index in [4.69, 9.17) is 17.3 Å². The van der Waals surface area contributed by atoms with Crippen LogP contribution in [0.5, 0.6) is 0 Å². The van der Waals surface area contributed by atoms with E-state index in [0.717, 1.165) is 19.4 Å². The lowest BCUT2D eigenvalue weighted by molar-refractivity contribution is 0.928. The van der Waals surface area contributed by atoms with Gasteiger partial charge < -0.3 is 11.1 Å². The van der Waals surface area contributed by atoms with E-state index in [1.54, 1.807) is 0 Å². The lowest BCUT2D eigenvalue weighted by Crippen LogP contribution is -2.11. The number of nitrogens with one attached hydrogen (secondary N) is 1. The Kier molecular flexibility index (Phi) is 4.58. The fourth-order valence-electron chi connectivity index (χ4n) is 1.75. The van der Waals surface area contributed by atoms with Crippen molar-refractivity contribution >= 4 is 23.1 Å². The van der Waals surface area contributed by atoms with Crippen molar-refractivity contribution in [2.75, 3.05) is 17.6 Å². The predicted octanol–water partition coefficient (Wildman–Crippen LogP) is 2.93. The third-order valence-corrected chi connectivity index (χ3v) is 3.10. The molecule has 0 aliphatic heterocycles. The molecule has 0 fully saturated rings. The van der Waals surface area contributed by atoms with Crippen LogP contribution in [-0.2, 0) is 12.8 Å². The Labute approximate surface area is 118 Å². The maximum absolute atomic E-state index is 5.98. The van der Waals surface area contributed by atoms with Crippen LogP contribution in [0.2, 0.25) is 5.15 Å². The standard InChI is InChI=1S/C14H17ClN4/c1-2-11-18-13(15)12(16)14(19-11)17-9-8-10-6-4-3-5-7-10/h3-7H,2,8-9,16H2,1H3,(H,17,18,19). The van der Waals surface area contributed by atoms with Gasteiger partial charge in [-0.05, 0) is 12.0 Å². The van der Waals surface area contributed by atoms with Gasteiger partial charge in [0.25, 0.3) is 0 Å². The molecule has 0 amide bonds. The highest BCUT2D eigenvalue weighted by atomic mass is 35.5. The van der Waals surface area contributed by atoms with Crippen LogP contribution in [0.3, 0.4) is 0 Å². The van der Waals surface area contributed by atoms with Gasteiger partial charge in [0.15, 0.2) is 11.0 Å². The largest absolute Gasteiger partial charge is 0.393 e. The molecule has 100 valence electrons. The first-order valence-corrected chi connectivity index (χ1v) is 6.68. The second-order valence-electron chi connectivity index (χ2n) is 4.21. The normalized spacial score (nSPS) is 10.4. The van der Waals surface area contributed by atoms with E-state index in [0.29, 0.717) is 22.5 Å². The number of halogens is 1. The summed E-state index contributed by atoms with van der Waals surface area (Å²) in [6.45, 7) is 2.74. The molecule has 0 saturated carbocycles. The van der Waals surface area contributed by atoms with Gasteiger partial charge in [0.1, 0.15) is 11.5 Å². The molecule has 0 aliphatic carbocycles. The van der Waals surface area contributed by atoms with Gasteiger partial charge in [0, 0.05) is 13.0 Å². The quantitative estimate of drug-likeness (QED) is 0.824. The van der Waals surface area contributed by atoms with Crippen molar-refractivity contribution in [3.05, 3.63) is 46.9 Å². The molecule has 0 saturated heterocycles. The molecular formula is C14H17ClN4. The van der Waals surface area contributed by atoms with Crippen molar-refractivity contribution < 1.29 is 0 Å². The molecule has 2 rings (SSSR count). The SMILES string of the molecule is CCc1nc(Cl)c(N)c(NCCc2ccccc2)n1. The van der Waals surface area contributed by atoms with Crippen molar-refractivity contribution in [1.82, 2.24) is 9.97 Å². The molecule has 1 heterocycles. The Bertz CT molecular complexity index is 543. The number of rotatable bonds is 5. The Morgan fingerprint density at radius 2 is 1.95 bits per heavy atom. The second-order valence-corrected chi connectivity index (χ2v) is 4.57. The lowest BCUT2D eigenvalue weighted by atomic mass is 10.1. The number of nitrogens with two attached hydrogens (primary N) is 1. The second kappa shape index (κ2) is 6.38. The summed E-state index contributed by atoms with van der Waals surface area (Å²) in [6.07, 6.45) is 1.64. The zero-order valence-corrected chi connectivity index (χ0v) is 11.6. The molecular weight excluding hydrogens is 260 g/mol. The van der Waals surface area contributed by atoms with Crippen LogP contribution in [0.1, 0.15) is 18.3 Å². The zero-order valence-electron chi connectivity index (χ0n) is 10.9. The molecule has 0 bridgehead atoms. The van der Waals surface area contributed by atoms with Gasteiger partial charge in [-0.25, -0.2) is 9.97 Å². The summed E-state index contributed by atoms with van der Waals surface area (Å²) in [6, 6.07) is 10.2. The van der Waals surface area contributed by atoms with Crippen LogP contribution in [0.15, 0.2) is 30.3 Å². The van der Waals surface area contributed by atoms with Gasteiger partial charge in [-0.1, -0.05) is 48.9 Å². The van der Waals surface area contributed by atoms with Crippen LogP contribution in [0, 0.1) is 0 Å². The molecule has 3 N–H and O–H groups in total. The van der Waals surface area contributed by atoms with Gasteiger partial charge in [0.05, 0.1) is 0 Å². The summed E-state index contributed by atoms with van der Waals surface area (Å²) in [5.74, 6) is 1.31. The molecule has 0 unspecified atom stereocenters. The Balaban J connectivity index is 2.01. The van der Waals surface area contributed by atoms with Crippen molar-refractivity contribution in [3.8, 4) is 0 Å². The Hall–Kier alpha value is -1.81. The van der Waals surface area contributed by atoms with Crippen molar-refractivity contribution in [1.29, 1.82) is 0 Å². The number of nitrogens with zero attached hydrogens (tertiary/aromatic N) is 2. The minimum atomic E-state index is 0.314. The molecule has 19 heavy (non-hydrogen) atoms. The molecule has 0 aliphatic rings. The molecule has 0 radical (unpaired) electrons. The summed E-state index contributed by atoms with van der Waals surface area (Å²) in [7, 11) is 0. The number of hydrogen-bond acceptors (Lipinski definition) is 4. The van der Waals surface area contributed by atoms with E-state index >= 15 is 0 Å². The maximum atomic E-state index is 5.98. The number of hydrogen-bond donors (Lipinski definition) is 2. The summed E-state index contributed by atoms with van der Waals surface area (Å²) >= 11 is 5.98. The first-order valence-electron chi connectivity index (χ1n) is 6.30. The Morgan fingerprint density at radius 1 is 1.21 bits per heavy atom. The molecule has 0 atom stereocenters. The molecule has 1 aromatic heterocycles. The molecule has 5 heteroatoms. The number of aromatic nitrogens is 2. The Morgan fingerprint density at radius 3 is 2.63 bits per heavy atom. The van der Waals surface area contributed by atoms with Crippen LogP contribution in [-0.4, -0.2) is 16.5 Å². The highest BCUT2D eigenvalue weighted by Crippen LogP contribution is 2.23. The zero-order chi connectivity index (χ0) is 13.7. The van der Waals surface area contributed by atoms with E-state index in [1.165, 1.54) is 5.56 Å². The van der Waals surface area contributed by atoms with Crippen LogP contribution < -0.4 is 11.1 Å². The number of nitrogen functional groups attached to an aromatic ring is 1. The summed E-state index contributed by atoms with van der Waals surface area (Å²) in [5.41, 5.74) is 7.54. The van der Waals surface area contributed by atoms with E-state index in [9.17, 15) is 0 Å². The highest BCUT2D eigenvalue weighted by Gasteiger charge is 2.08. The smallest absolute Gasteiger partial charge is 0.157 e. The monoisotopic (exact) mass is 276 g/mol. The van der Waals surface area contributed by atoms with Gasteiger partial charge in [-0.3, -0.25) is 0 Å². The molecule has 4 nitrogen and oxygen atoms in total. The van der Waals surface area contributed by atoms with Gasteiger partial charge in [-0.15, -0.1) is 0 Å². The lowest BCUT2D eigenvalue weighted by Gasteiger charge is -2.10. The number of anilines is 2. The minimum absolute atomic E-state index is 0.314. The van der Waals surface area contributed by atoms with E-state index in [2.05, 4.69) is 27.4 Å².